The van der Waals surface area contributed by atoms with Crippen LogP contribution in [0.4, 0.5) is 13.2 Å². The van der Waals surface area contributed by atoms with Gasteiger partial charge in [-0.2, -0.15) is 4.80 Å². The average Bonchev–Trinajstić information content (AvgIpc) is 2.99. The summed E-state index contributed by atoms with van der Waals surface area (Å²) < 4.78 is 38.8. The van der Waals surface area contributed by atoms with Crippen LogP contribution in [0.5, 0.6) is 0 Å². The summed E-state index contributed by atoms with van der Waals surface area (Å²) in [6, 6.07) is 8.34. The predicted octanol–water partition coefficient (Wildman–Crippen LogP) is 2.64. The number of ketones is 1. The van der Waals surface area contributed by atoms with Gasteiger partial charge in [-0.05, 0) is 47.7 Å². The number of rotatable bonds is 4. The van der Waals surface area contributed by atoms with E-state index in [1.165, 1.54) is 30.3 Å². The zero-order chi connectivity index (χ0) is 16.4. The fourth-order valence-corrected chi connectivity index (χ4v) is 1.91. The molecule has 1 heterocycles. The van der Waals surface area contributed by atoms with Crippen LogP contribution in [0.3, 0.4) is 0 Å². The fraction of sp³-hybridized carbons (Fsp3) is 0.0667. The Morgan fingerprint density at radius 3 is 2.43 bits per heavy atom. The van der Waals surface area contributed by atoms with Gasteiger partial charge in [0.2, 0.25) is 5.82 Å². The summed E-state index contributed by atoms with van der Waals surface area (Å²) in [4.78, 5) is 13.0. The minimum absolute atomic E-state index is 0.00420. The topological polar surface area (TPSA) is 60.7 Å². The van der Waals surface area contributed by atoms with E-state index in [2.05, 4.69) is 15.4 Å². The van der Waals surface area contributed by atoms with E-state index in [1.807, 2.05) is 0 Å². The first-order chi connectivity index (χ1) is 11.0. The van der Waals surface area contributed by atoms with Gasteiger partial charge in [-0.3, -0.25) is 4.79 Å². The Morgan fingerprint density at radius 2 is 1.74 bits per heavy atom. The minimum atomic E-state index is -1.10. The van der Waals surface area contributed by atoms with Gasteiger partial charge in [-0.15, -0.1) is 10.2 Å². The van der Waals surface area contributed by atoms with E-state index in [0.717, 1.165) is 16.9 Å². The molecule has 1 aromatic heterocycles. The summed E-state index contributed by atoms with van der Waals surface area (Å²) >= 11 is 0. The second-order valence-electron chi connectivity index (χ2n) is 4.70. The lowest BCUT2D eigenvalue weighted by atomic mass is 10.1. The number of tetrazole rings is 1. The predicted molar refractivity (Wildman–Crippen MR) is 73.9 cm³/mol. The number of carbonyl (C=O) groups excluding carboxylic acids is 1. The molecule has 3 aromatic rings. The lowest BCUT2D eigenvalue weighted by Gasteiger charge is -2.00. The van der Waals surface area contributed by atoms with E-state index in [-0.39, 0.29) is 17.9 Å². The first-order valence-corrected chi connectivity index (χ1v) is 6.55. The molecule has 0 aliphatic carbocycles. The summed E-state index contributed by atoms with van der Waals surface area (Å²) in [6.07, 6.45) is 0. The van der Waals surface area contributed by atoms with E-state index < -0.39 is 23.2 Å². The van der Waals surface area contributed by atoms with Crippen molar-refractivity contribution >= 4 is 5.78 Å². The Bertz CT molecular complexity index is 861. The van der Waals surface area contributed by atoms with Crippen LogP contribution in [0.2, 0.25) is 0 Å². The van der Waals surface area contributed by atoms with Crippen molar-refractivity contribution in [1.29, 1.82) is 0 Å². The van der Waals surface area contributed by atoms with Gasteiger partial charge < -0.3 is 0 Å². The van der Waals surface area contributed by atoms with Gasteiger partial charge in [0.05, 0.1) is 0 Å². The molecule has 0 bridgehead atoms. The molecule has 2 aromatic carbocycles. The zero-order valence-electron chi connectivity index (χ0n) is 11.6. The van der Waals surface area contributed by atoms with Crippen molar-refractivity contribution in [2.75, 3.05) is 0 Å². The molecule has 116 valence electrons. The molecule has 0 saturated carbocycles. The number of aromatic nitrogens is 4. The SMILES string of the molecule is O=C(Cn1nnc(-c2ccc(F)cc2)n1)c1ccc(F)c(F)c1. The van der Waals surface area contributed by atoms with E-state index in [1.54, 1.807) is 0 Å². The second-order valence-corrected chi connectivity index (χ2v) is 4.70. The van der Waals surface area contributed by atoms with Crippen molar-refractivity contribution in [3.8, 4) is 11.4 Å². The molecule has 0 aliphatic rings. The number of halogens is 3. The third-order valence-corrected chi connectivity index (χ3v) is 3.08. The summed E-state index contributed by atoms with van der Waals surface area (Å²) in [5.41, 5.74) is 0.544. The smallest absolute Gasteiger partial charge is 0.204 e. The molecule has 8 heteroatoms. The van der Waals surface area contributed by atoms with Gasteiger partial charge >= 0.3 is 0 Å². The highest BCUT2D eigenvalue weighted by Gasteiger charge is 2.13. The fourth-order valence-electron chi connectivity index (χ4n) is 1.91. The van der Waals surface area contributed by atoms with Crippen molar-refractivity contribution in [1.82, 2.24) is 20.2 Å². The Labute approximate surface area is 128 Å². The molecular weight excluding hydrogens is 309 g/mol. The molecule has 0 N–H and O–H groups in total. The number of Topliss-reactive ketones (excluding diaryl/α,β-unsaturated/α-hetero) is 1. The van der Waals surface area contributed by atoms with Gasteiger partial charge in [0.1, 0.15) is 12.4 Å². The molecule has 0 spiro atoms. The van der Waals surface area contributed by atoms with Gasteiger partial charge in [-0.25, -0.2) is 13.2 Å². The van der Waals surface area contributed by atoms with Gasteiger partial charge in [0, 0.05) is 11.1 Å². The maximum Gasteiger partial charge on any atom is 0.204 e. The zero-order valence-corrected chi connectivity index (χ0v) is 11.6. The lowest BCUT2D eigenvalue weighted by Crippen LogP contribution is -2.13. The Morgan fingerprint density at radius 1 is 1.00 bits per heavy atom. The van der Waals surface area contributed by atoms with Gasteiger partial charge in [0.25, 0.3) is 0 Å². The maximum absolute atomic E-state index is 13.1. The third kappa shape index (κ3) is 3.25. The first kappa shape index (κ1) is 14.9. The number of hydrogen-bond acceptors (Lipinski definition) is 4. The number of hydrogen-bond donors (Lipinski definition) is 0. The molecular formula is C15H9F3N4O. The summed E-state index contributed by atoms with van der Waals surface area (Å²) in [7, 11) is 0. The maximum atomic E-state index is 13.1. The van der Waals surface area contributed by atoms with Gasteiger partial charge in [0.15, 0.2) is 17.4 Å². The Hall–Kier alpha value is -3.03. The van der Waals surface area contributed by atoms with Gasteiger partial charge in [-0.1, -0.05) is 0 Å². The molecule has 0 fully saturated rings. The quantitative estimate of drug-likeness (QED) is 0.694. The molecule has 0 radical (unpaired) electrons. The highest BCUT2D eigenvalue weighted by atomic mass is 19.2. The molecule has 5 nitrogen and oxygen atoms in total. The van der Waals surface area contributed by atoms with Crippen molar-refractivity contribution in [3.63, 3.8) is 0 Å². The molecule has 0 aliphatic heterocycles. The Kier molecular flexibility index (Phi) is 3.88. The van der Waals surface area contributed by atoms with E-state index in [9.17, 15) is 18.0 Å². The van der Waals surface area contributed by atoms with E-state index in [0.29, 0.717) is 5.56 Å². The van der Waals surface area contributed by atoms with Crippen LogP contribution in [-0.4, -0.2) is 26.0 Å². The minimum Gasteiger partial charge on any atom is -0.292 e. The first-order valence-electron chi connectivity index (χ1n) is 6.55. The second kappa shape index (κ2) is 5.99. The molecule has 0 saturated heterocycles. The molecule has 0 unspecified atom stereocenters. The summed E-state index contributed by atoms with van der Waals surface area (Å²) in [5.74, 6) is -2.79. The number of benzene rings is 2. The van der Waals surface area contributed by atoms with Crippen LogP contribution in [0.25, 0.3) is 11.4 Å². The van der Waals surface area contributed by atoms with E-state index >= 15 is 0 Å². The van der Waals surface area contributed by atoms with Crippen LogP contribution < -0.4 is 0 Å². The molecule has 0 atom stereocenters. The summed E-state index contributed by atoms with van der Waals surface area (Å²) in [5, 5.41) is 11.5. The van der Waals surface area contributed by atoms with Crippen LogP contribution in [0.15, 0.2) is 42.5 Å². The number of nitrogens with zero attached hydrogens (tertiary/aromatic N) is 4. The van der Waals surface area contributed by atoms with Crippen LogP contribution in [0.1, 0.15) is 10.4 Å². The van der Waals surface area contributed by atoms with E-state index in [4.69, 9.17) is 0 Å². The highest BCUT2D eigenvalue weighted by Crippen LogP contribution is 2.14. The average molecular weight is 318 g/mol. The van der Waals surface area contributed by atoms with Crippen LogP contribution >= 0.6 is 0 Å². The standard InChI is InChI=1S/C15H9F3N4O/c16-11-4-1-9(2-5-11)15-19-21-22(20-15)8-14(23)10-3-6-12(17)13(18)7-10/h1-7H,8H2. The number of carbonyl (C=O) groups is 1. The van der Waals surface area contributed by atoms with Crippen molar-refractivity contribution in [2.45, 2.75) is 6.54 Å². The summed E-state index contributed by atoms with van der Waals surface area (Å²) in [6.45, 7) is -0.279. The largest absolute Gasteiger partial charge is 0.292 e. The van der Waals surface area contributed by atoms with Crippen molar-refractivity contribution in [3.05, 3.63) is 65.5 Å². The Balaban J connectivity index is 1.77. The van der Waals surface area contributed by atoms with Crippen LogP contribution in [-0.2, 0) is 6.54 Å². The molecule has 0 amide bonds. The lowest BCUT2D eigenvalue weighted by molar-refractivity contribution is 0.0961. The molecule has 23 heavy (non-hydrogen) atoms. The molecule has 3 rings (SSSR count). The third-order valence-electron chi connectivity index (χ3n) is 3.08. The highest BCUT2D eigenvalue weighted by molar-refractivity contribution is 5.95. The van der Waals surface area contributed by atoms with Crippen molar-refractivity contribution < 1.29 is 18.0 Å². The van der Waals surface area contributed by atoms with Crippen molar-refractivity contribution in [2.24, 2.45) is 0 Å². The normalized spacial score (nSPS) is 10.7. The van der Waals surface area contributed by atoms with Crippen LogP contribution in [0, 0.1) is 17.5 Å². The monoisotopic (exact) mass is 318 g/mol.